The molecular formula is C22H22F2N6O2. The van der Waals surface area contributed by atoms with E-state index in [1.165, 1.54) is 12.1 Å². The molecule has 1 saturated carbocycles. The molecule has 2 aliphatic rings. The third-order valence-electron chi connectivity index (χ3n) is 6.32. The number of rotatable bonds is 3. The van der Waals surface area contributed by atoms with Gasteiger partial charge in [0, 0.05) is 24.9 Å². The number of amides is 2. The van der Waals surface area contributed by atoms with Gasteiger partial charge in [-0.2, -0.15) is 0 Å². The number of fused-ring (bicyclic) bond motifs is 2. The second-order valence-electron chi connectivity index (χ2n) is 8.73. The highest BCUT2D eigenvalue weighted by atomic mass is 19.1. The number of likely N-dealkylation sites (tertiary alicyclic amines) is 1. The Kier molecular flexibility index (Phi) is 4.68. The van der Waals surface area contributed by atoms with Crippen molar-refractivity contribution < 1.29 is 18.0 Å². The molecule has 2 amide bonds. The smallest absolute Gasteiger partial charge is 0.323 e. The van der Waals surface area contributed by atoms with Crippen molar-refractivity contribution in [2.45, 2.75) is 51.6 Å². The van der Waals surface area contributed by atoms with Gasteiger partial charge in [-0.05, 0) is 43.4 Å². The van der Waals surface area contributed by atoms with Gasteiger partial charge in [0.25, 0.3) is 0 Å². The number of aromatic nitrogens is 4. The number of halogens is 2. The normalized spacial score (nSPS) is 24.2. The van der Waals surface area contributed by atoms with Crippen LogP contribution in [0.5, 0.6) is 0 Å². The molecule has 8 nitrogen and oxygen atoms in total. The predicted octanol–water partition coefficient (Wildman–Crippen LogP) is 4.35. The number of hydrogen-bond donors (Lipinski definition) is 1. The fourth-order valence-corrected chi connectivity index (χ4v) is 5.07. The summed E-state index contributed by atoms with van der Waals surface area (Å²) in [4.78, 5) is 22.9. The third-order valence-corrected chi connectivity index (χ3v) is 6.32. The molecule has 1 aliphatic heterocycles. The second-order valence-corrected chi connectivity index (χ2v) is 8.73. The first-order valence-electron chi connectivity index (χ1n) is 10.5. The first-order chi connectivity index (χ1) is 15.3. The fourth-order valence-electron chi connectivity index (χ4n) is 5.07. The van der Waals surface area contributed by atoms with Gasteiger partial charge in [-0.3, -0.25) is 0 Å². The van der Waals surface area contributed by atoms with Gasteiger partial charge >= 0.3 is 6.03 Å². The Labute approximate surface area is 183 Å². The van der Waals surface area contributed by atoms with Crippen molar-refractivity contribution in [3.05, 3.63) is 53.5 Å². The molecule has 166 valence electrons. The van der Waals surface area contributed by atoms with E-state index in [0.29, 0.717) is 35.2 Å². The first-order valence-corrected chi connectivity index (χ1v) is 10.5. The number of benzene rings is 1. The van der Waals surface area contributed by atoms with Crippen LogP contribution >= 0.6 is 0 Å². The molecule has 1 saturated heterocycles. The Bertz CT molecular complexity index is 1200. The summed E-state index contributed by atoms with van der Waals surface area (Å²) in [7, 11) is 0. The van der Waals surface area contributed by atoms with Crippen molar-refractivity contribution in [3.63, 3.8) is 0 Å². The van der Waals surface area contributed by atoms with Crippen molar-refractivity contribution in [2.24, 2.45) is 5.92 Å². The van der Waals surface area contributed by atoms with Crippen molar-refractivity contribution >= 4 is 11.7 Å². The van der Waals surface area contributed by atoms with Crippen LogP contribution in [0.25, 0.3) is 11.4 Å². The van der Waals surface area contributed by atoms with Crippen LogP contribution in [0.1, 0.15) is 43.5 Å². The van der Waals surface area contributed by atoms with E-state index in [-0.39, 0.29) is 17.6 Å². The van der Waals surface area contributed by atoms with Crippen LogP contribution in [-0.4, -0.2) is 37.1 Å². The standard InChI is InChI=1S/C22H22F2N6O2/c1-11-4-15-8-22(7-11,20-29-28-13(3)32-20)30(15)21(31)27-18-6-16(12(2)5-17(18)24)19-25-9-14(23)10-26-19/h5-6,9-11,15H,4,7-8H2,1-3H3,(H,27,31). The predicted molar refractivity (Wildman–Crippen MR) is 110 cm³/mol. The van der Waals surface area contributed by atoms with Crippen LogP contribution in [0.15, 0.2) is 28.9 Å². The molecule has 3 atom stereocenters. The molecule has 2 aromatic heterocycles. The summed E-state index contributed by atoms with van der Waals surface area (Å²) in [5.41, 5.74) is 0.386. The third kappa shape index (κ3) is 3.21. The van der Waals surface area contributed by atoms with E-state index in [1.54, 1.807) is 18.7 Å². The van der Waals surface area contributed by atoms with E-state index in [2.05, 4.69) is 32.4 Å². The maximum Gasteiger partial charge on any atom is 0.323 e. The highest BCUT2D eigenvalue weighted by molar-refractivity contribution is 5.92. The van der Waals surface area contributed by atoms with E-state index >= 15 is 0 Å². The number of urea groups is 1. The van der Waals surface area contributed by atoms with Crippen LogP contribution in [0, 0.1) is 31.4 Å². The SMILES string of the molecule is Cc1nnc(C23CC(C)CC(C2)N3C(=O)Nc2cc(-c3ncc(F)cn3)c(C)cc2F)o1. The Morgan fingerprint density at radius 3 is 2.62 bits per heavy atom. The monoisotopic (exact) mass is 440 g/mol. The number of carbonyl (C=O) groups excluding carboxylic acids is 1. The number of nitrogens with zero attached hydrogens (tertiary/aromatic N) is 5. The van der Waals surface area contributed by atoms with Gasteiger partial charge in [-0.25, -0.2) is 23.5 Å². The topological polar surface area (TPSA) is 97.0 Å². The van der Waals surface area contributed by atoms with Gasteiger partial charge in [0.15, 0.2) is 11.6 Å². The minimum atomic E-state index is -0.683. The molecule has 1 N–H and O–H groups in total. The van der Waals surface area contributed by atoms with Gasteiger partial charge in [0.05, 0.1) is 18.1 Å². The lowest BCUT2D eigenvalue weighted by molar-refractivity contribution is -0.110. The van der Waals surface area contributed by atoms with Crippen LogP contribution in [0.3, 0.4) is 0 Å². The van der Waals surface area contributed by atoms with Crippen LogP contribution in [0.4, 0.5) is 19.3 Å². The van der Waals surface area contributed by atoms with E-state index in [4.69, 9.17) is 4.42 Å². The number of hydrogen-bond acceptors (Lipinski definition) is 6. The average Bonchev–Trinajstić information content (AvgIpc) is 3.17. The molecule has 3 aromatic rings. The Morgan fingerprint density at radius 2 is 1.94 bits per heavy atom. The summed E-state index contributed by atoms with van der Waals surface area (Å²) in [6, 6.07) is 2.35. The quantitative estimate of drug-likeness (QED) is 0.650. The van der Waals surface area contributed by atoms with E-state index in [0.717, 1.165) is 25.2 Å². The summed E-state index contributed by atoms with van der Waals surface area (Å²) in [5, 5.41) is 10.8. The second kappa shape index (κ2) is 7.32. The number of carbonyl (C=O) groups is 1. The Hall–Kier alpha value is -3.43. The minimum Gasteiger partial charge on any atom is -0.423 e. The Balaban J connectivity index is 1.46. The van der Waals surface area contributed by atoms with Gasteiger partial charge in [-0.1, -0.05) is 6.92 Å². The van der Waals surface area contributed by atoms with E-state index in [1.807, 2.05) is 0 Å². The molecule has 2 bridgehead atoms. The molecule has 0 spiro atoms. The zero-order chi connectivity index (χ0) is 22.6. The maximum atomic E-state index is 14.8. The number of anilines is 1. The van der Waals surface area contributed by atoms with E-state index < -0.39 is 23.2 Å². The molecular weight excluding hydrogens is 418 g/mol. The summed E-state index contributed by atoms with van der Waals surface area (Å²) in [5.74, 6) is 0.337. The molecule has 3 unspecified atom stereocenters. The van der Waals surface area contributed by atoms with Crippen LogP contribution in [0.2, 0.25) is 0 Å². The van der Waals surface area contributed by atoms with Crippen molar-refractivity contribution in [1.29, 1.82) is 0 Å². The lowest BCUT2D eigenvalue weighted by atomic mass is 9.64. The highest BCUT2D eigenvalue weighted by Gasteiger charge is 2.62. The van der Waals surface area contributed by atoms with Crippen LogP contribution < -0.4 is 5.32 Å². The first kappa shape index (κ1) is 20.5. The van der Waals surface area contributed by atoms with Gasteiger partial charge in [0.2, 0.25) is 11.8 Å². The summed E-state index contributed by atoms with van der Waals surface area (Å²) >= 11 is 0. The van der Waals surface area contributed by atoms with Crippen LogP contribution in [-0.2, 0) is 5.54 Å². The maximum absolute atomic E-state index is 14.8. The molecule has 1 aliphatic carbocycles. The average molecular weight is 440 g/mol. The van der Waals surface area contributed by atoms with Gasteiger partial charge < -0.3 is 14.6 Å². The fraction of sp³-hybridized carbons (Fsp3) is 0.409. The molecule has 3 heterocycles. The summed E-state index contributed by atoms with van der Waals surface area (Å²) in [6.07, 6.45) is 4.37. The van der Waals surface area contributed by atoms with E-state index in [9.17, 15) is 13.6 Å². The number of piperidine rings is 1. The number of nitrogens with one attached hydrogen (secondary N) is 1. The molecule has 32 heavy (non-hydrogen) atoms. The van der Waals surface area contributed by atoms with Gasteiger partial charge in [-0.15, -0.1) is 10.2 Å². The molecule has 5 rings (SSSR count). The zero-order valence-corrected chi connectivity index (χ0v) is 17.9. The van der Waals surface area contributed by atoms with Gasteiger partial charge in [0.1, 0.15) is 11.4 Å². The van der Waals surface area contributed by atoms with Crippen molar-refractivity contribution in [2.75, 3.05) is 5.32 Å². The Morgan fingerprint density at radius 1 is 1.19 bits per heavy atom. The minimum absolute atomic E-state index is 0.00148. The lowest BCUT2D eigenvalue weighted by Gasteiger charge is -2.61. The lowest BCUT2D eigenvalue weighted by Crippen LogP contribution is -2.70. The number of aryl methyl sites for hydroxylation is 2. The zero-order valence-electron chi connectivity index (χ0n) is 17.9. The largest absolute Gasteiger partial charge is 0.423 e. The summed E-state index contributed by atoms with van der Waals surface area (Å²) < 4.78 is 33.7. The molecule has 10 heteroatoms. The molecule has 0 radical (unpaired) electrons. The highest BCUT2D eigenvalue weighted by Crippen LogP contribution is 2.55. The van der Waals surface area contributed by atoms with Crippen molar-refractivity contribution in [3.8, 4) is 11.4 Å². The summed E-state index contributed by atoms with van der Waals surface area (Å²) in [6.45, 7) is 5.54. The van der Waals surface area contributed by atoms with Crippen molar-refractivity contribution in [1.82, 2.24) is 25.1 Å². The molecule has 2 fully saturated rings. The molecule has 1 aromatic carbocycles.